The van der Waals surface area contributed by atoms with Crippen molar-refractivity contribution in [3.8, 4) is 0 Å². The number of nitrogens with zero attached hydrogens (tertiary/aromatic N) is 1. The van der Waals surface area contributed by atoms with Gasteiger partial charge in [-0.1, -0.05) is 48.5 Å². The van der Waals surface area contributed by atoms with E-state index in [1.807, 2.05) is 36.4 Å². The predicted molar refractivity (Wildman–Crippen MR) is 165 cm³/mol. The molecule has 2 amide bonds. The first-order valence-corrected chi connectivity index (χ1v) is 14.3. The van der Waals surface area contributed by atoms with Crippen LogP contribution in [-0.2, 0) is 28.8 Å². The molecule has 3 aromatic carbocycles. The van der Waals surface area contributed by atoms with Crippen molar-refractivity contribution >= 4 is 28.5 Å². The Kier molecular flexibility index (Phi) is 11.5. The average Bonchev–Trinajstić information content (AvgIpc) is 2.89. The van der Waals surface area contributed by atoms with Gasteiger partial charge in [0.1, 0.15) is 11.6 Å². The molecule has 3 rings (SSSR count). The molecule has 3 aromatic rings. The van der Waals surface area contributed by atoms with Crippen LogP contribution in [0.5, 0.6) is 0 Å². The van der Waals surface area contributed by atoms with Gasteiger partial charge in [-0.05, 0) is 120 Å². The summed E-state index contributed by atoms with van der Waals surface area (Å²) in [5.41, 5.74) is 9.19. The molecule has 0 saturated carbocycles. The van der Waals surface area contributed by atoms with E-state index >= 15 is 0 Å². The number of nitrogens with two attached hydrogens (primary N) is 1. The summed E-state index contributed by atoms with van der Waals surface area (Å²) in [5, 5.41) is 8.07. The standard InChI is InChI=1S/C33H46N4O3/c1-33(2,3)40-32(39)36-30(31(38)35-27-19-15-24(16-20-27)11-10-22-37(4)5)23-26-18-17-25(12-8-9-21-34)28-13-6-7-14-29(26)28/h6-7,13-20,30H,8-12,21-23,34H2,1-5H3,(H,35,38)(H,36,39)/t30-/m0/s1. The normalized spacial score (nSPS) is 12.4. The molecule has 0 aromatic heterocycles. The fourth-order valence-corrected chi connectivity index (χ4v) is 4.74. The van der Waals surface area contributed by atoms with Crippen molar-refractivity contribution < 1.29 is 14.3 Å². The number of fused-ring (bicyclic) bond motifs is 1. The highest BCUT2D eigenvalue weighted by Crippen LogP contribution is 2.26. The maximum atomic E-state index is 13.5. The minimum Gasteiger partial charge on any atom is -0.444 e. The quantitative estimate of drug-likeness (QED) is 0.239. The molecule has 0 bridgehead atoms. The summed E-state index contributed by atoms with van der Waals surface area (Å²) in [6, 6.07) is 19.5. The molecule has 0 saturated heterocycles. The van der Waals surface area contributed by atoms with E-state index in [0.29, 0.717) is 18.7 Å². The lowest BCUT2D eigenvalue weighted by molar-refractivity contribution is -0.118. The van der Waals surface area contributed by atoms with Crippen LogP contribution in [0.15, 0.2) is 60.7 Å². The number of nitrogens with one attached hydrogen (secondary N) is 2. The van der Waals surface area contributed by atoms with Gasteiger partial charge in [0.25, 0.3) is 0 Å². The Morgan fingerprint density at radius 1 is 0.875 bits per heavy atom. The number of carbonyl (C=O) groups is 2. The molecule has 0 aliphatic rings. The van der Waals surface area contributed by atoms with Gasteiger partial charge in [-0.3, -0.25) is 4.79 Å². The molecule has 0 aliphatic carbocycles. The Morgan fingerprint density at radius 3 is 2.15 bits per heavy atom. The zero-order valence-electron chi connectivity index (χ0n) is 24.8. The molecule has 0 radical (unpaired) electrons. The van der Waals surface area contributed by atoms with Crippen LogP contribution in [0, 0.1) is 0 Å². The number of hydrogen-bond donors (Lipinski definition) is 3. The van der Waals surface area contributed by atoms with Gasteiger partial charge >= 0.3 is 6.09 Å². The number of aryl methyl sites for hydroxylation is 2. The Bertz CT molecular complexity index is 1250. The van der Waals surface area contributed by atoms with E-state index in [9.17, 15) is 9.59 Å². The maximum absolute atomic E-state index is 13.5. The minimum atomic E-state index is -0.818. The van der Waals surface area contributed by atoms with Gasteiger partial charge in [0.15, 0.2) is 0 Å². The summed E-state index contributed by atoms with van der Waals surface area (Å²) in [6.07, 6.45) is 4.71. The summed E-state index contributed by atoms with van der Waals surface area (Å²) < 4.78 is 5.49. The number of anilines is 1. The third kappa shape index (κ3) is 9.96. The number of unbranched alkanes of at least 4 members (excludes halogenated alkanes) is 1. The monoisotopic (exact) mass is 546 g/mol. The van der Waals surface area contributed by atoms with Gasteiger partial charge < -0.3 is 26.0 Å². The molecule has 40 heavy (non-hydrogen) atoms. The van der Waals surface area contributed by atoms with E-state index in [2.05, 4.69) is 53.9 Å². The van der Waals surface area contributed by atoms with Gasteiger partial charge in [-0.2, -0.15) is 0 Å². The number of alkyl carbamates (subject to hydrolysis) is 1. The van der Waals surface area contributed by atoms with Crippen LogP contribution in [-0.4, -0.2) is 55.7 Å². The van der Waals surface area contributed by atoms with E-state index in [1.165, 1.54) is 16.5 Å². The van der Waals surface area contributed by atoms with E-state index in [0.717, 1.165) is 49.6 Å². The zero-order chi connectivity index (χ0) is 29.1. The SMILES string of the molecule is CN(C)CCCc1ccc(NC(=O)[C@H](Cc2ccc(CCCCN)c3ccccc23)NC(=O)OC(C)(C)C)cc1. The van der Waals surface area contributed by atoms with Crippen LogP contribution in [0.25, 0.3) is 10.8 Å². The van der Waals surface area contributed by atoms with Crippen molar-refractivity contribution in [3.05, 3.63) is 77.4 Å². The van der Waals surface area contributed by atoms with E-state index in [-0.39, 0.29) is 5.91 Å². The maximum Gasteiger partial charge on any atom is 0.408 e. The third-order valence-corrected chi connectivity index (χ3v) is 6.73. The molecular weight excluding hydrogens is 500 g/mol. The average molecular weight is 547 g/mol. The Balaban J connectivity index is 1.80. The molecule has 0 aliphatic heterocycles. The topological polar surface area (TPSA) is 96.7 Å². The molecule has 1 atom stereocenters. The van der Waals surface area contributed by atoms with Gasteiger partial charge in [0.2, 0.25) is 5.91 Å². The van der Waals surface area contributed by atoms with Crippen LogP contribution in [0.4, 0.5) is 10.5 Å². The number of benzene rings is 3. The Labute approximate surface area is 239 Å². The van der Waals surface area contributed by atoms with Crippen LogP contribution >= 0.6 is 0 Å². The molecule has 216 valence electrons. The molecule has 7 heteroatoms. The van der Waals surface area contributed by atoms with Crippen LogP contribution in [0.3, 0.4) is 0 Å². The smallest absolute Gasteiger partial charge is 0.408 e. The first kappa shape index (κ1) is 31.1. The van der Waals surface area contributed by atoms with Crippen molar-refractivity contribution in [3.63, 3.8) is 0 Å². The van der Waals surface area contributed by atoms with Crippen molar-refractivity contribution in [2.24, 2.45) is 5.73 Å². The molecule has 7 nitrogen and oxygen atoms in total. The van der Waals surface area contributed by atoms with Crippen molar-refractivity contribution in [1.29, 1.82) is 0 Å². The first-order valence-electron chi connectivity index (χ1n) is 14.3. The highest BCUT2D eigenvalue weighted by atomic mass is 16.6. The van der Waals surface area contributed by atoms with Crippen molar-refractivity contribution in [1.82, 2.24) is 10.2 Å². The summed E-state index contributed by atoms with van der Waals surface area (Å²) in [6.45, 7) is 7.12. The van der Waals surface area contributed by atoms with Crippen molar-refractivity contribution in [2.75, 3.05) is 32.5 Å². The second-order valence-corrected chi connectivity index (χ2v) is 11.7. The number of carbonyl (C=O) groups excluding carboxylic acids is 2. The molecule has 0 fully saturated rings. The fraction of sp³-hybridized carbons (Fsp3) is 0.455. The highest BCUT2D eigenvalue weighted by Gasteiger charge is 2.26. The second-order valence-electron chi connectivity index (χ2n) is 11.7. The van der Waals surface area contributed by atoms with Gasteiger partial charge in [0.05, 0.1) is 0 Å². The Morgan fingerprint density at radius 2 is 1.52 bits per heavy atom. The zero-order valence-corrected chi connectivity index (χ0v) is 24.8. The molecule has 0 heterocycles. The summed E-state index contributed by atoms with van der Waals surface area (Å²) >= 11 is 0. The molecular formula is C33H46N4O3. The number of rotatable bonds is 13. The fourth-order valence-electron chi connectivity index (χ4n) is 4.74. The van der Waals surface area contributed by atoms with Gasteiger partial charge in [-0.25, -0.2) is 4.79 Å². The van der Waals surface area contributed by atoms with Gasteiger partial charge in [0, 0.05) is 12.1 Å². The number of amides is 2. The molecule has 4 N–H and O–H groups in total. The highest BCUT2D eigenvalue weighted by molar-refractivity contribution is 5.97. The van der Waals surface area contributed by atoms with Crippen LogP contribution in [0.1, 0.15) is 56.7 Å². The largest absolute Gasteiger partial charge is 0.444 e. The van der Waals surface area contributed by atoms with Gasteiger partial charge in [-0.15, -0.1) is 0 Å². The van der Waals surface area contributed by atoms with E-state index < -0.39 is 17.7 Å². The van der Waals surface area contributed by atoms with E-state index in [4.69, 9.17) is 10.5 Å². The Hall–Kier alpha value is -3.42. The predicted octanol–water partition coefficient (Wildman–Crippen LogP) is 5.69. The van der Waals surface area contributed by atoms with Crippen LogP contribution < -0.4 is 16.4 Å². The molecule has 0 spiro atoms. The minimum absolute atomic E-state index is 0.290. The lowest BCUT2D eigenvalue weighted by Gasteiger charge is -2.24. The second kappa shape index (κ2) is 14.8. The first-order chi connectivity index (χ1) is 19.1. The van der Waals surface area contributed by atoms with Crippen molar-refractivity contribution in [2.45, 2.75) is 70.9 Å². The third-order valence-electron chi connectivity index (χ3n) is 6.73. The lowest BCUT2D eigenvalue weighted by Crippen LogP contribution is -2.47. The van der Waals surface area contributed by atoms with Crippen LogP contribution in [0.2, 0.25) is 0 Å². The number of hydrogen-bond acceptors (Lipinski definition) is 5. The number of ether oxygens (including phenoxy) is 1. The molecule has 0 unspecified atom stereocenters. The van der Waals surface area contributed by atoms with E-state index in [1.54, 1.807) is 20.8 Å². The summed E-state index contributed by atoms with van der Waals surface area (Å²) in [4.78, 5) is 28.4. The lowest BCUT2D eigenvalue weighted by atomic mass is 9.93. The summed E-state index contributed by atoms with van der Waals surface area (Å²) in [7, 11) is 4.14. The summed E-state index contributed by atoms with van der Waals surface area (Å²) in [5.74, 6) is -0.290.